The molecule has 186 valence electrons. The highest BCUT2D eigenvalue weighted by molar-refractivity contribution is 6.02. The van der Waals surface area contributed by atoms with E-state index in [0.29, 0.717) is 29.0 Å². The first-order chi connectivity index (χ1) is 17.2. The van der Waals surface area contributed by atoms with Crippen molar-refractivity contribution in [3.63, 3.8) is 0 Å². The number of nitrogens with one attached hydrogen (secondary N) is 2. The van der Waals surface area contributed by atoms with E-state index in [0.717, 1.165) is 28.7 Å². The van der Waals surface area contributed by atoms with Crippen LogP contribution >= 0.6 is 0 Å². The Morgan fingerprint density at radius 3 is 2.75 bits per heavy atom. The lowest BCUT2D eigenvalue weighted by atomic mass is 9.99. The summed E-state index contributed by atoms with van der Waals surface area (Å²) < 4.78 is 52.9. The van der Waals surface area contributed by atoms with Crippen molar-refractivity contribution >= 4 is 29.0 Å². The number of pyridine rings is 1. The fourth-order valence-corrected chi connectivity index (χ4v) is 4.58. The number of nitrogens with zero attached hydrogens (tertiary/aromatic N) is 3. The van der Waals surface area contributed by atoms with Crippen LogP contribution in [0.4, 0.5) is 34.6 Å². The standard InChI is InChI=1S/C26H23F4N5O/c1-34-15-32-22-6-3-16(9-23(22)34)25-17(10-31-11-21(25)27)4-7-24(36)33-20-5-2-18-12-35(13-19(18)8-20)14-26(28,29)30/h2-11,32H,12-15H2,1H3,(H,33,36)/b7-4+. The van der Waals surface area contributed by atoms with E-state index >= 15 is 0 Å². The highest BCUT2D eigenvalue weighted by atomic mass is 19.4. The third-order valence-corrected chi connectivity index (χ3v) is 6.21. The van der Waals surface area contributed by atoms with E-state index < -0.39 is 24.4 Å². The van der Waals surface area contributed by atoms with Gasteiger partial charge in [-0.1, -0.05) is 12.1 Å². The average Bonchev–Trinajstić information content (AvgIpc) is 3.38. The van der Waals surface area contributed by atoms with Crippen molar-refractivity contribution < 1.29 is 22.4 Å². The molecule has 1 amide bonds. The molecule has 2 aliphatic rings. The number of aromatic nitrogens is 1. The van der Waals surface area contributed by atoms with Gasteiger partial charge in [0.1, 0.15) is 5.82 Å². The lowest BCUT2D eigenvalue weighted by Gasteiger charge is -2.16. The molecule has 0 radical (unpaired) electrons. The summed E-state index contributed by atoms with van der Waals surface area (Å²) in [4.78, 5) is 19.8. The van der Waals surface area contributed by atoms with Gasteiger partial charge in [-0.25, -0.2) is 4.39 Å². The summed E-state index contributed by atoms with van der Waals surface area (Å²) in [5.74, 6) is -0.957. The molecule has 0 bridgehead atoms. The Morgan fingerprint density at radius 2 is 1.94 bits per heavy atom. The SMILES string of the molecule is CN1CNc2ccc(-c3c(F)cncc3/C=C/C(=O)Nc3ccc4c(c3)CN(CC(F)(F)F)C4)cc21. The van der Waals surface area contributed by atoms with Gasteiger partial charge in [-0.2, -0.15) is 13.2 Å². The number of carbonyl (C=O) groups excluding carboxylic acids is 1. The van der Waals surface area contributed by atoms with E-state index in [1.165, 1.54) is 23.2 Å². The number of hydrogen-bond donors (Lipinski definition) is 2. The molecule has 0 spiro atoms. The van der Waals surface area contributed by atoms with Crippen LogP contribution in [-0.4, -0.2) is 42.2 Å². The Labute approximate surface area is 205 Å². The monoisotopic (exact) mass is 497 g/mol. The molecule has 3 aromatic rings. The third-order valence-electron chi connectivity index (χ3n) is 6.21. The number of halogens is 4. The van der Waals surface area contributed by atoms with Gasteiger partial charge in [-0.3, -0.25) is 14.7 Å². The zero-order chi connectivity index (χ0) is 25.4. The molecule has 2 aliphatic heterocycles. The van der Waals surface area contributed by atoms with Crippen LogP contribution < -0.4 is 15.5 Å². The van der Waals surface area contributed by atoms with E-state index in [4.69, 9.17) is 0 Å². The maximum Gasteiger partial charge on any atom is 0.401 e. The van der Waals surface area contributed by atoms with Gasteiger partial charge in [-0.05, 0) is 47.0 Å². The van der Waals surface area contributed by atoms with E-state index in [2.05, 4.69) is 15.6 Å². The molecule has 1 aromatic heterocycles. The number of alkyl halides is 3. The summed E-state index contributed by atoms with van der Waals surface area (Å²) in [7, 11) is 1.93. The largest absolute Gasteiger partial charge is 0.401 e. The van der Waals surface area contributed by atoms with Crippen molar-refractivity contribution in [3.05, 3.63) is 77.4 Å². The van der Waals surface area contributed by atoms with Gasteiger partial charge in [0.2, 0.25) is 5.91 Å². The van der Waals surface area contributed by atoms with E-state index in [9.17, 15) is 22.4 Å². The number of rotatable bonds is 5. The number of amides is 1. The van der Waals surface area contributed by atoms with Gasteiger partial charge in [0, 0.05) is 49.2 Å². The van der Waals surface area contributed by atoms with Crippen molar-refractivity contribution in [1.29, 1.82) is 0 Å². The smallest absolute Gasteiger partial charge is 0.366 e. The van der Waals surface area contributed by atoms with Gasteiger partial charge in [0.05, 0.1) is 30.8 Å². The Kier molecular flexibility index (Phi) is 6.13. The number of anilines is 3. The molecule has 0 fully saturated rings. The summed E-state index contributed by atoms with van der Waals surface area (Å²) in [6.07, 6.45) is 1.14. The molecular formula is C26H23F4N5O. The Hall–Kier alpha value is -3.92. The first kappa shape index (κ1) is 23.8. The number of hydrogen-bond acceptors (Lipinski definition) is 5. The Morgan fingerprint density at radius 1 is 1.14 bits per heavy atom. The lowest BCUT2D eigenvalue weighted by molar-refractivity contribution is -0.147. The van der Waals surface area contributed by atoms with E-state index in [1.807, 2.05) is 30.1 Å². The molecule has 2 aromatic carbocycles. The van der Waals surface area contributed by atoms with Crippen LogP contribution in [0.1, 0.15) is 16.7 Å². The summed E-state index contributed by atoms with van der Waals surface area (Å²) >= 11 is 0. The molecule has 0 atom stereocenters. The maximum atomic E-state index is 14.8. The van der Waals surface area contributed by atoms with Crippen LogP contribution in [-0.2, 0) is 17.9 Å². The first-order valence-electron chi connectivity index (χ1n) is 11.3. The lowest BCUT2D eigenvalue weighted by Crippen LogP contribution is -2.29. The minimum atomic E-state index is -4.26. The van der Waals surface area contributed by atoms with Gasteiger partial charge in [0.25, 0.3) is 0 Å². The molecule has 0 saturated heterocycles. The molecule has 10 heteroatoms. The predicted octanol–water partition coefficient (Wildman–Crippen LogP) is 5.24. The zero-order valence-electron chi connectivity index (χ0n) is 19.4. The minimum absolute atomic E-state index is 0.165. The second-order valence-electron chi connectivity index (χ2n) is 8.92. The first-order valence-corrected chi connectivity index (χ1v) is 11.3. The van der Waals surface area contributed by atoms with Crippen molar-refractivity contribution in [2.24, 2.45) is 0 Å². The third kappa shape index (κ3) is 5.03. The second-order valence-corrected chi connectivity index (χ2v) is 8.92. The van der Waals surface area contributed by atoms with Crippen LogP contribution in [0.25, 0.3) is 17.2 Å². The molecule has 0 unspecified atom stereocenters. The maximum absolute atomic E-state index is 14.8. The molecule has 0 saturated carbocycles. The average molecular weight is 497 g/mol. The summed E-state index contributed by atoms with van der Waals surface area (Å²) in [6.45, 7) is 0.0613. The van der Waals surface area contributed by atoms with Crippen molar-refractivity contribution in [1.82, 2.24) is 9.88 Å². The summed E-state index contributed by atoms with van der Waals surface area (Å²) in [6, 6.07) is 10.6. The van der Waals surface area contributed by atoms with Gasteiger partial charge in [-0.15, -0.1) is 0 Å². The van der Waals surface area contributed by atoms with Crippen LogP contribution in [0.2, 0.25) is 0 Å². The highest BCUT2D eigenvalue weighted by Gasteiger charge is 2.33. The summed E-state index contributed by atoms with van der Waals surface area (Å²) in [5, 5.41) is 5.97. The van der Waals surface area contributed by atoms with Gasteiger partial charge < -0.3 is 15.5 Å². The summed E-state index contributed by atoms with van der Waals surface area (Å²) in [5.41, 5.74) is 5.36. The fraction of sp³-hybridized carbons (Fsp3) is 0.231. The zero-order valence-corrected chi connectivity index (χ0v) is 19.4. The number of fused-ring (bicyclic) bond motifs is 2. The van der Waals surface area contributed by atoms with Crippen LogP contribution in [0.5, 0.6) is 0 Å². The molecule has 6 nitrogen and oxygen atoms in total. The minimum Gasteiger partial charge on any atom is -0.366 e. The molecule has 0 aliphatic carbocycles. The molecule has 3 heterocycles. The highest BCUT2D eigenvalue weighted by Crippen LogP contribution is 2.36. The van der Waals surface area contributed by atoms with Gasteiger partial charge >= 0.3 is 6.18 Å². The second kappa shape index (κ2) is 9.27. The molecular weight excluding hydrogens is 474 g/mol. The van der Waals surface area contributed by atoms with Crippen molar-refractivity contribution in [2.45, 2.75) is 19.3 Å². The van der Waals surface area contributed by atoms with Crippen molar-refractivity contribution in [2.75, 3.05) is 35.8 Å². The topological polar surface area (TPSA) is 60.5 Å². The predicted molar refractivity (Wildman–Crippen MR) is 131 cm³/mol. The Bertz CT molecular complexity index is 1350. The van der Waals surface area contributed by atoms with Crippen LogP contribution in [0, 0.1) is 5.82 Å². The van der Waals surface area contributed by atoms with Crippen LogP contribution in [0.15, 0.2) is 54.9 Å². The van der Waals surface area contributed by atoms with Gasteiger partial charge in [0.15, 0.2) is 0 Å². The molecule has 2 N–H and O–H groups in total. The van der Waals surface area contributed by atoms with E-state index in [-0.39, 0.29) is 13.1 Å². The van der Waals surface area contributed by atoms with E-state index in [1.54, 1.807) is 18.2 Å². The number of carbonyl (C=O) groups is 1. The van der Waals surface area contributed by atoms with Crippen LogP contribution in [0.3, 0.4) is 0 Å². The quantitative estimate of drug-likeness (QED) is 0.373. The normalized spacial score (nSPS) is 15.2. The molecule has 5 rings (SSSR count). The molecule has 36 heavy (non-hydrogen) atoms. The van der Waals surface area contributed by atoms with Crippen molar-refractivity contribution in [3.8, 4) is 11.1 Å². The number of benzene rings is 2. The fourth-order valence-electron chi connectivity index (χ4n) is 4.58. The Balaban J connectivity index is 1.31.